The number of unbranched alkanes of at least 4 members (excludes halogenated alkanes) is 18. The molecule has 0 bridgehead atoms. The maximum Gasteiger partial charge on any atom is 0.0449 e. The Morgan fingerprint density at radius 1 is 0.275 bits per heavy atom. The van der Waals surface area contributed by atoms with Gasteiger partial charge in [-0.2, -0.15) is 0 Å². The van der Waals surface area contributed by atoms with Crippen LogP contribution in [-0.4, -0.2) is 0 Å². The summed E-state index contributed by atoms with van der Waals surface area (Å²) in [6.45, 7) is 4.65. The van der Waals surface area contributed by atoms with Crippen molar-refractivity contribution < 1.29 is 0 Å². The Hall–Kier alpha value is -4.32. The maximum absolute atomic E-state index is 2.66. The molecule has 358 valence electrons. The molecule has 0 nitrogen and oxygen atoms in total. The zero-order chi connectivity index (χ0) is 47.1. The number of fused-ring (bicyclic) bond motifs is 3. The quantitative estimate of drug-likeness (QED) is 0.0429. The van der Waals surface area contributed by atoms with Crippen molar-refractivity contribution in [3.63, 3.8) is 0 Å². The van der Waals surface area contributed by atoms with Gasteiger partial charge in [0, 0.05) is 44.4 Å². The van der Waals surface area contributed by atoms with Gasteiger partial charge in [0.1, 0.15) is 0 Å². The van der Waals surface area contributed by atoms with Crippen LogP contribution in [0.5, 0.6) is 0 Å². The predicted octanol–water partition coefficient (Wildman–Crippen LogP) is 22.8. The molecule has 4 heteroatoms. The van der Waals surface area contributed by atoms with Crippen molar-refractivity contribution >= 4 is 45.3 Å². The summed E-state index contributed by atoms with van der Waals surface area (Å²) in [6.07, 6.45) is 29.9. The molecule has 1 aliphatic rings. The Bertz CT molecular complexity index is 2580. The van der Waals surface area contributed by atoms with Gasteiger partial charge in [0.2, 0.25) is 0 Å². The Labute approximate surface area is 432 Å². The molecule has 9 rings (SSSR count). The zero-order valence-corrected chi connectivity index (χ0v) is 44.8. The van der Waals surface area contributed by atoms with Crippen molar-refractivity contribution in [1.82, 2.24) is 0 Å². The fourth-order valence-electron chi connectivity index (χ4n) is 11.0. The number of rotatable bonds is 28. The van der Waals surface area contributed by atoms with Crippen molar-refractivity contribution in [1.29, 1.82) is 0 Å². The smallest absolute Gasteiger partial charge is 0.0449 e. The molecule has 0 atom stereocenters. The van der Waals surface area contributed by atoms with Gasteiger partial charge in [-0.3, -0.25) is 0 Å². The molecule has 69 heavy (non-hydrogen) atoms. The van der Waals surface area contributed by atoms with Gasteiger partial charge in [0.25, 0.3) is 0 Å². The summed E-state index contributed by atoms with van der Waals surface area (Å²) in [6, 6.07) is 55.6. The summed E-state index contributed by atoms with van der Waals surface area (Å²) in [5.41, 5.74) is 11.5. The van der Waals surface area contributed by atoms with Crippen LogP contribution in [0.15, 0.2) is 146 Å². The molecule has 8 aromatic rings. The summed E-state index contributed by atoms with van der Waals surface area (Å²) < 4.78 is 0. The first-order valence-corrected chi connectivity index (χ1v) is 30.2. The second-order valence-electron chi connectivity index (χ2n) is 19.9. The van der Waals surface area contributed by atoms with Crippen LogP contribution in [0.1, 0.15) is 166 Å². The highest BCUT2D eigenvalue weighted by Gasteiger charge is 2.42. The van der Waals surface area contributed by atoms with E-state index in [9.17, 15) is 0 Å². The van der Waals surface area contributed by atoms with Crippen LogP contribution in [0.2, 0.25) is 0 Å². The van der Waals surface area contributed by atoms with Crippen molar-refractivity contribution in [2.45, 2.75) is 161 Å². The number of hydrogen-bond donors (Lipinski definition) is 0. The van der Waals surface area contributed by atoms with Crippen LogP contribution >= 0.6 is 45.3 Å². The molecule has 4 heterocycles. The van der Waals surface area contributed by atoms with Crippen LogP contribution in [-0.2, 0) is 5.41 Å². The van der Waals surface area contributed by atoms with Crippen molar-refractivity contribution in [3.8, 4) is 72.4 Å². The van der Waals surface area contributed by atoms with E-state index in [1.54, 1.807) is 11.1 Å². The van der Waals surface area contributed by atoms with E-state index in [-0.39, 0.29) is 5.41 Å². The normalized spacial score (nSPS) is 12.7. The largest absolute Gasteiger partial charge is 0.134 e. The number of benzene rings is 4. The summed E-state index contributed by atoms with van der Waals surface area (Å²) in [5, 5.41) is 0. The fourth-order valence-corrected chi connectivity index (χ4v) is 15.2. The molecule has 0 saturated heterocycles. The van der Waals surface area contributed by atoms with Gasteiger partial charge in [-0.05, 0) is 118 Å². The molecule has 0 unspecified atom stereocenters. The maximum atomic E-state index is 2.66. The second kappa shape index (κ2) is 25.2. The third-order valence-corrected chi connectivity index (χ3v) is 19.8. The molecule has 0 saturated carbocycles. The average Bonchev–Trinajstić information content (AvgIpc) is 4.26. The lowest BCUT2D eigenvalue weighted by atomic mass is 9.70. The summed E-state index contributed by atoms with van der Waals surface area (Å²) in [7, 11) is 0. The lowest BCUT2D eigenvalue weighted by Crippen LogP contribution is -2.25. The molecule has 0 aliphatic heterocycles. The molecule has 0 fully saturated rings. The topological polar surface area (TPSA) is 0 Å². The van der Waals surface area contributed by atoms with Gasteiger partial charge in [-0.1, -0.05) is 227 Å². The molecule has 0 amide bonds. The predicted molar refractivity (Wildman–Crippen MR) is 310 cm³/mol. The van der Waals surface area contributed by atoms with Crippen molar-refractivity contribution in [3.05, 3.63) is 157 Å². The molecule has 4 aromatic heterocycles. The SMILES string of the molecule is CCCCCCCCCCCCC1(CCCCCCCCCCCC)c2cc(-c3ccc(-c4ccc(-c5ccccc5)s4)s3)ccc2-c2ccc(-c3ccc(-c4ccc(-c5ccccc5)s4)s3)cc21. The van der Waals surface area contributed by atoms with E-state index >= 15 is 0 Å². The van der Waals surface area contributed by atoms with E-state index < -0.39 is 0 Å². The number of thiophene rings is 4. The van der Waals surface area contributed by atoms with E-state index in [0.29, 0.717) is 0 Å². The summed E-state index contributed by atoms with van der Waals surface area (Å²) >= 11 is 7.74. The van der Waals surface area contributed by atoms with Gasteiger partial charge in [-0.15, -0.1) is 45.3 Å². The van der Waals surface area contributed by atoms with E-state index in [1.165, 1.54) is 214 Å². The first kappa shape index (κ1) is 49.7. The van der Waals surface area contributed by atoms with E-state index in [0.717, 1.165) is 0 Å². The van der Waals surface area contributed by atoms with E-state index in [1.807, 2.05) is 45.3 Å². The van der Waals surface area contributed by atoms with E-state index in [4.69, 9.17) is 0 Å². The minimum atomic E-state index is 0.00778. The monoisotopic (exact) mass is 982 g/mol. The molecular formula is C65H74S4. The Balaban J connectivity index is 1.01. The van der Waals surface area contributed by atoms with Crippen LogP contribution in [0, 0.1) is 0 Å². The van der Waals surface area contributed by atoms with Crippen LogP contribution < -0.4 is 0 Å². The third kappa shape index (κ3) is 12.4. The van der Waals surface area contributed by atoms with Crippen molar-refractivity contribution in [2.75, 3.05) is 0 Å². The average molecular weight is 984 g/mol. The minimum absolute atomic E-state index is 0.00778. The molecule has 4 aromatic carbocycles. The molecule has 0 spiro atoms. The Morgan fingerprint density at radius 3 is 0.899 bits per heavy atom. The van der Waals surface area contributed by atoms with E-state index in [2.05, 4.69) is 159 Å². The molecule has 1 aliphatic carbocycles. The van der Waals surface area contributed by atoms with Crippen LogP contribution in [0.3, 0.4) is 0 Å². The lowest BCUT2D eigenvalue weighted by Gasteiger charge is -2.33. The first-order chi connectivity index (χ1) is 34.1. The van der Waals surface area contributed by atoms with Crippen LogP contribution in [0.4, 0.5) is 0 Å². The minimum Gasteiger partial charge on any atom is -0.134 e. The first-order valence-electron chi connectivity index (χ1n) is 26.9. The van der Waals surface area contributed by atoms with Gasteiger partial charge >= 0.3 is 0 Å². The summed E-state index contributed by atoms with van der Waals surface area (Å²) in [5.74, 6) is 0. The fraction of sp³-hybridized carbons (Fsp3) is 0.385. The van der Waals surface area contributed by atoms with Gasteiger partial charge in [0.05, 0.1) is 0 Å². The highest BCUT2D eigenvalue weighted by atomic mass is 32.1. The zero-order valence-electron chi connectivity index (χ0n) is 41.5. The molecular weight excluding hydrogens is 909 g/mol. The lowest BCUT2D eigenvalue weighted by molar-refractivity contribution is 0.397. The Kier molecular flexibility index (Phi) is 18.1. The van der Waals surface area contributed by atoms with Crippen molar-refractivity contribution in [2.24, 2.45) is 0 Å². The van der Waals surface area contributed by atoms with Crippen LogP contribution in [0.25, 0.3) is 72.4 Å². The van der Waals surface area contributed by atoms with Gasteiger partial charge in [0.15, 0.2) is 0 Å². The molecule has 0 radical (unpaired) electrons. The molecule has 0 N–H and O–H groups in total. The third-order valence-electron chi connectivity index (χ3n) is 14.9. The highest BCUT2D eigenvalue weighted by Crippen LogP contribution is 2.56. The summed E-state index contributed by atoms with van der Waals surface area (Å²) in [4.78, 5) is 10.9. The van der Waals surface area contributed by atoms with Gasteiger partial charge in [-0.25, -0.2) is 0 Å². The second-order valence-corrected chi connectivity index (χ2v) is 24.2. The number of hydrogen-bond acceptors (Lipinski definition) is 4. The standard InChI is InChI=1S/C65H74S4/c1-3-5-7-9-11-13-15-17-19-27-45-65(46-28-20-18-16-14-12-10-8-6-4-2)55-47-51(59-39-43-63(68-59)61-41-37-57(66-61)49-29-23-21-24-30-49)33-35-53(55)54-36-34-52(48-56(54)65)60-40-44-64(69-60)62-42-38-58(67-62)50-31-25-22-26-32-50/h21-26,29-44,47-48H,3-20,27-28,45-46H2,1-2H3. The Morgan fingerprint density at radius 2 is 0.565 bits per heavy atom. The highest BCUT2D eigenvalue weighted by molar-refractivity contribution is 7.25. The van der Waals surface area contributed by atoms with Gasteiger partial charge < -0.3 is 0 Å².